The molecule has 21 heavy (non-hydrogen) atoms. The second-order valence-corrected chi connectivity index (χ2v) is 5.59. The minimum atomic E-state index is -0.864. The average Bonchev–Trinajstić information content (AvgIpc) is 2.92. The van der Waals surface area contributed by atoms with Gasteiger partial charge in [-0.3, -0.25) is 4.68 Å². The Kier molecular flexibility index (Phi) is 5.47. The Balaban J connectivity index is 2.40. The van der Waals surface area contributed by atoms with Crippen LogP contribution in [0.2, 0.25) is 0 Å². The first kappa shape index (κ1) is 16.1. The molecule has 1 aromatic carbocycles. The predicted octanol–water partition coefficient (Wildman–Crippen LogP) is 4.03. The van der Waals surface area contributed by atoms with E-state index in [-0.39, 0.29) is 10.5 Å². The van der Waals surface area contributed by atoms with Crippen LogP contribution in [-0.4, -0.2) is 16.3 Å². The van der Waals surface area contributed by atoms with Gasteiger partial charge < -0.3 is 5.32 Å². The number of benzene rings is 1. The molecule has 1 unspecified atom stereocenters. The standard InChI is InChI=1S/C15H18BrF2N3/c1-3-7-21-9-10(8-20-21)15(19-4-2)11-5-6-12(17)14(18)13(11)16/h5-6,8-9,15,19H,3-4,7H2,1-2H3. The molecular weight excluding hydrogens is 340 g/mol. The van der Waals surface area contributed by atoms with Gasteiger partial charge in [0.15, 0.2) is 11.6 Å². The van der Waals surface area contributed by atoms with Crippen molar-refractivity contribution in [3.05, 3.63) is 51.8 Å². The molecule has 2 rings (SSSR count). The smallest absolute Gasteiger partial charge is 0.173 e. The van der Waals surface area contributed by atoms with Crippen molar-refractivity contribution in [3.63, 3.8) is 0 Å². The molecule has 0 radical (unpaired) electrons. The number of hydrogen-bond acceptors (Lipinski definition) is 2. The van der Waals surface area contributed by atoms with Crippen LogP contribution in [-0.2, 0) is 6.54 Å². The summed E-state index contributed by atoms with van der Waals surface area (Å²) in [6, 6.07) is 2.51. The molecule has 0 bridgehead atoms. The van der Waals surface area contributed by atoms with Crippen LogP contribution in [0.15, 0.2) is 29.0 Å². The van der Waals surface area contributed by atoms with E-state index in [2.05, 4.69) is 33.3 Å². The van der Waals surface area contributed by atoms with E-state index in [0.29, 0.717) is 12.1 Å². The predicted molar refractivity (Wildman–Crippen MR) is 82.1 cm³/mol. The molecular formula is C15H18BrF2N3. The molecule has 0 aliphatic heterocycles. The highest BCUT2D eigenvalue weighted by atomic mass is 79.9. The normalized spacial score (nSPS) is 12.6. The third-order valence-corrected chi connectivity index (χ3v) is 4.03. The zero-order valence-electron chi connectivity index (χ0n) is 12.0. The van der Waals surface area contributed by atoms with Gasteiger partial charge >= 0.3 is 0 Å². The van der Waals surface area contributed by atoms with Crippen LogP contribution in [0.4, 0.5) is 8.78 Å². The van der Waals surface area contributed by atoms with Gasteiger partial charge in [-0.2, -0.15) is 5.10 Å². The molecule has 114 valence electrons. The fourth-order valence-electron chi connectivity index (χ4n) is 2.26. The van der Waals surface area contributed by atoms with Crippen LogP contribution < -0.4 is 5.32 Å². The van der Waals surface area contributed by atoms with Crippen molar-refractivity contribution in [1.29, 1.82) is 0 Å². The highest BCUT2D eigenvalue weighted by molar-refractivity contribution is 9.10. The molecule has 1 atom stereocenters. The van der Waals surface area contributed by atoms with Crippen LogP contribution in [0.3, 0.4) is 0 Å². The van der Waals surface area contributed by atoms with Gasteiger partial charge in [-0.15, -0.1) is 0 Å². The van der Waals surface area contributed by atoms with Crippen LogP contribution in [0.5, 0.6) is 0 Å². The molecule has 1 heterocycles. The molecule has 0 fully saturated rings. The van der Waals surface area contributed by atoms with Crippen molar-refractivity contribution in [2.24, 2.45) is 0 Å². The van der Waals surface area contributed by atoms with E-state index in [4.69, 9.17) is 0 Å². The maximum atomic E-state index is 13.8. The lowest BCUT2D eigenvalue weighted by atomic mass is 10.0. The van der Waals surface area contributed by atoms with Gasteiger partial charge in [0.2, 0.25) is 0 Å². The molecule has 0 amide bonds. The largest absolute Gasteiger partial charge is 0.306 e. The summed E-state index contributed by atoms with van der Waals surface area (Å²) in [5.41, 5.74) is 1.59. The fourth-order valence-corrected chi connectivity index (χ4v) is 2.81. The first-order valence-corrected chi connectivity index (χ1v) is 7.76. The summed E-state index contributed by atoms with van der Waals surface area (Å²) < 4.78 is 29.0. The third-order valence-electron chi connectivity index (χ3n) is 3.22. The Morgan fingerprint density at radius 2 is 2.10 bits per heavy atom. The molecule has 2 aromatic rings. The van der Waals surface area contributed by atoms with Gasteiger partial charge in [0.25, 0.3) is 0 Å². The molecule has 1 N–H and O–H groups in total. The summed E-state index contributed by atoms with van der Waals surface area (Å²) in [6.45, 7) is 5.58. The number of aromatic nitrogens is 2. The zero-order valence-corrected chi connectivity index (χ0v) is 13.6. The van der Waals surface area contributed by atoms with Crippen molar-refractivity contribution in [1.82, 2.24) is 15.1 Å². The highest BCUT2D eigenvalue weighted by Gasteiger charge is 2.21. The molecule has 0 saturated carbocycles. The number of nitrogens with one attached hydrogen (secondary N) is 1. The van der Waals surface area contributed by atoms with Crippen LogP contribution in [0, 0.1) is 11.6 Å². The Morgan fingerprint density at radius 1 is 1.33 bits per heavy atom. The number of halogens is 3. The first-order valence-electron chi connectivity index (χ1n) is 6.97. The van der Waals surface area contributed by atoms with Crippen molar-refractivity contribution in [3.8, 4) is 0 Å². The Hall–Kier alpha value is -1.27. The molecule has 1 aromatic heterocycles. The summed E-state index contributed by atoms with van der Waals surface area (Å²) in [4.78, 5) is 0. The van der Waals surface area contributed by atoms with E-state index in [1.165, 1.54) is 0 Å². The van der Waals surface area contributed by atoms with Gasteiger partial charge in [0, 0.05) is 18.3 Å². The van der Waals surface area contributed by atoms with E-state index < -0.39 is 11.6 Å². The number of hydrogen-bond donors (Lipinski definition) is 1. The van der Waals surface area contributed by atoms with Gasteiger partial charge in [0.05, 0.1) is 16.7 Å². The Bertz CT molecular complexity index is 613. The third kappa shape index (κ3) is 3.49. The maximum absolute atomic E-state index is 13.8. The molecule has 6 heteroatoms. The molecule has 0 spiro atoms. The molecule has 0 saturated heterocycles. The second-order valence-electron chi connectivity index (χ2n) is 4.79. The van der Waals surface area contributed by atoms with Gasteiger partial charge in [-0.05, 0) is 40.5 Å². The second kappa shape index (κ2) is 7.13. The van der Waals surface area contributed by atoms with Crippen LogP contribution in [0.25, 0.3) is 0 Å². The quantitative estimate of drug-likeness (QED) is 0.790. The van der Waals surface area contributed by atoms with E-state index in [9.17, 15) is 8.78 Å². The van der Waals surface area contributed by atoms with E-state index in [0.717, 1.165) is 24.6 Å². The summed E-state index contributed by atoms with van der Waals surface area (Å²) in [5.74, 6) is -1.72. The van der Waals surface area contributed by atoms with Crippen LogP contribution >= 0.6 is 15.9 Å². The van der Waals surface area contributed by atoms with E-state index in [1.54, 1.807) is 12.3 Å². The van der Waals surface area contributed by atoms with Crippen molar-refractivity contribution >= 4 is 15.9 Å². The van der Waals surface area contributed by atoms with E-state index >= 15 is 0 Å². The van der Waals surface area contributed by atoms with Crippen molar-refractivity contribution < 1.29 is 8.78 Å². The van der Waals surface area contributed by atoms with Gasteiger partial charge in [0.1, 0.15) is 0 Å². The Morgan fingerprint density at radius 3 is 2.76 bits per heavy atom. The monoisotopic (exact) mass is 357 g/mol. The highest BCUT2D eigenvalue weighted by Crippen LogP contribution is 2.31. The topological polar surface area (TPSA) is 29.9 Å². The average molecular weight is 358 g/mol. The zero-order chi connectivity index (χ0) is 15.4. The summed E-state index contributed by atoms with van der Waals surface area (Å²) >= 11 is 3.15. The lowest BCUT2D eigenvalue weighted by Gasteiger charge is -2.19. The van der Waals surface area contributed by atoms with Crippen molar-refractivity contribution in [2.75, 3.05) is 6.54 Å². The molecule has 0 aliphatic carbocycles. The first-order chi connectivity index (χ1) is 10.1. The SMILES string of the molecule is CCCn1cc(C(NCC)c2ccc(F)c(F)c2Br)cn1. The minimum absolute atomic E-state index is 0.150. The fraction of sp³-hybridized carbons (Fsp3) is 0.400. The summed E-state index contributed by atoms with van der Waals surface area (Å²) in [5, 5.41) is 7.58. The number of aryl methyl sites for hydroxylation is 1. The minimum Gasteiger partial charge on any atom is -0.306 e. The molecule has 3 nitrogen and oxygen atoms in total. The number of nitrogens with zero attached hydrogens (tertiary/aromatic N) is 2. The number of rotatable bonds is 6. The Labute approximate surface area is 131 Å². The maximum Gasteiger partial charge on any atom is 0.173 e. The lowest BCUT2D eigenvalue weighted by Crippen LogP contribution is -2.22. The van der Waals surface area contributed by atoms with E-state index in [1.807, 2.05) is 17.8 Å². The lowest BCUT2D eigenvalue weighted by molar-refractivity contribution is 0.498. The van der Waals surface area contributed by atoms with Crippen LogP contribution in [0.1, 0.15) is 37.4 Å². The van der Waals surface area contributed by atoms with Gasteiger partial charge in [-0.25, -0.2) is 8.78 Å². The molecule has 0 aliphatic rings. The summed E-state index contributed by atoms with van der Waals surface area (Å²) in [7, 11) is 0. The van der Waals surface area contributed by atoms with Gasteiger partial charge in [-0.1, -0.05) is 19.9 Å². The van der Waals surface area contributed by atoms with Crippen molar-refractivity contribution in [2.45, 2.75) is 32.9 Å². The summed E-state index contributed by atoms with van der Waals surface area (Å²) in [6.07, 6.45) is 4.68.